The Hall–Kier alpha value is -2.82. The average Bonchev–Trinajstić information content (AvgIpc) is 3.34. The maximum atomic E-state index is 12.7. The molecule has 0 saturated carbocycles. The minimum absolute atomic E-state index is 0.00898. The summed E-state index contributed by atoms with van der Waals surface area (Å²) in [6.07, 6.45) is 2.73. The van der Waals surface area contributed by atoms with Gasteiger partial charge in [-0.3, -0.25) is 9.59 Å². The Morgan fingerprint density at radius 3 is 2.36 bits per heavy atom. The smallest absolute Gasteiger partial charge is 0.229 e. The van der Waals surface area contributed by atoms with Gasteiger partial charge < -0.3 is 15.1 Å². The van der Waals surface area contributed by atoms with Gasteiger partial charge in [0.05, 0.1) is 5.92 Å². The molecule has 1 atom stereocenters. The molecule has 4 rings (SSSR count). The van der Waals surface area contributed by atoms with Crippen LogP contribution in [0, 0.1) is 19.8 Å². The van der Waals surface area contributed by atoms with E-state index in [0.29, 0.717) is 6.54 Å². The molecule has 1 unspecified atom stereocenters. The monoisotopic (exact) mass is 377 g/mol. The van der Waals surface area contributed by atoms with Gasteiger partial charge in [-0.1, -0.05) is 17.7 Å². The van der Waals surface area contributed by atoms with Crippen molar-refractivity contribution in [3.05, 3.63) is 53.6 Å². The van der Waals surface area contributed by atoms with E-state index in [4.69, 9.17) is 0 Å². The molecule has 28 heavy (non-hydrogen) atoms. The van der Waals surface area contributed by atoms with Crippen molar-refractivity contribution in [1.82, 2.24) is 0 Å². The van der Waals surface area contributed by atoms with E-state index in [1.807, 2.05) is 44.2 Å². The molecule has 2 saturated heterocycles. The molecule has 1 N–H and O–H groups in total. The van der Waals surface area contributed by atoms with Crippen molar-refractivity contribution < 1.29 is 9.59 Å². The summed E-state index contributed by atoms with van der Waals surface area (Å²) in [5, 5.41) is 2.99. The van der Waals surface area contributed by atoms with Gasteiger partial charge in [0.25, 0.3) is 0 Å². The van der Waals surface area contributed by atoms with E-state index in [9.17, 15) is 9.59 Å². The molecule has 5 heteroatoms. The minimum atomic E-state index is -0.327. The standard InChI is InChI=1S/C23H27N3O2/c1-16-5-10-21(17(2)13-16)24-23(28)18-14-22(27)26(15-18)20-8-6-19(7-9-20)25-11-3-4-12-25/h5-10,13,18H,3-4,11-12,14-15H2,1-2H3,(H,24,28). The van der Waals surface area contributed by atoms with Crippen LogP contribution in [0.1, 0.15) is 30.4 Å². The first-order valence-corrected chi connectivity index (χ1v) is 10.0. The third-order valence-electron chi connectivity index (χ3n) is 5.77. The lowest BCUT2D eigenvalue weighted by Crippen LogP contribution is -2.28. The van der Waals surface area contributed by atoms with Crippen molar-refractivity contribution >= 4 is 28.9 Å². The van der Waals surface area contributed by atoms with E-state index in [0.717, 1.165) is 35.6 Å². The summed E-state index contributed by atoms with van der Waals surface area (Å²) < 4.78 is 0. The minimum Gasteiger partial charge on any atom is -0.372 e. The Bertz CT molecular complexity index is 885. The Morgan fingerprint density at radius 1 is 1.00 bits per heavy atom. The number of nitrogens with one attached hydrogen (secondary N) is 1. The molecule has 0 radical (unpaired) electrons. The summed E-state index contributed by atoms with van der Waals surface area (Å²) in [6, 6.07) is 14.1. The van der Waals surface area contributed by atoms with Crippen molar-refractivity contribution in [1.29, 1.82) is 0 Å². The fourth-order valence-electron chi connectivity index (χ4n) is 4.14. The number of benzene rings is 2. The molecule has 2 aromatic carbocycles. The first-order chi connectivity index (χ1) is 13.5. The van der Waals surface area contributed by atoms with Gasteiger partial charge in [0, 0.05) is 43.1 Å². The predicted octanol–water partition coefficient (Wildman–Crippen LogP) is 3.90. The lowest BCUT2D eigenvalue weighted by atomic mass is 10.1. The zero-order chi connectivity index (χ0) is 19.7. The van der Waals surface area contributed by atoms with Gasteiger partial charge in [0.1, 0.15) is 0 Å². The fourth-order valence-corrected chi connectivity index (χ4v) is 4.14. The maximum absolute atomic E-state index is 12.7. The quantitative estimate of drug-likeness (QED) is 0.879. The molecule has 2 aliphatic heterocycles. The molecule has 2 aromatic rings. The molecular weight excluding hydrogens is 350 g/mol. The van der Waals surface area contributed by atoms with Crippen molar-refractivity contribution in [2.24, 2.45) is 5.92 Å². The van der Waals surface area contributed by atoms with Crippen molar-refractivity contribution in [2.45, 2.75) is 33.1 Å². The number of anilines is 3. The maximum Gasteiger partial charge on any atom is 0.229 e. The highest BCUT2D eigenvalue weighted by molar-refractivity contribution is 6.03. The summed E-state index contributed by atoms with van der Waals surface area (Å²) in [6.45, 7) is 6.64. The summed E-state index contributed by atoms with van der Waals surface area (Å²) in [7, 11) is 0. The number of hydrogen-bond donors (Lipinski definition) is 1. The number of nitrogens with zero attached hydrogens (tertiary/aromatic N) is 2. The Morgan fingerprint density at radius 2 is 1.68 bits per heavy atom. The van der Waals surface area contributed by atoms with Crippen LogP contribution in [-0.4, -0.2) is 31.4 Å². The highest BCUT2D eigenvalue weighted by Crippen LogP contribution is 2.29. The molecule has 0 aliphatic carbocycles. The van der Waals surface area contributed by atoms with Crippen LogP contribution < -0.4 is 15.1 Å². The predicted molar refractivity (Wildman–Crippen MR) is 113 cm³/mol. The summed E-state index contributed by atoms with van der Waals surface area (Å²) >= 11 is 0. The van der Waals surface area contributed by atoms with Gasteiger partial charge in [-0.2, -0.15) is 0 Å². The van der Waals surface area contributed by atoms with Gasteiger partial charge in [0.2, 0.25) is 11.8 Å². The van der Waals surface area contributed by atoms with Gasteiger partial charge in [-0.05, 0) is 62.6 Å². The van der Waals surface area contributed by atoms with E-state index in [2.05, 4.69) is 22.3 Å². The van der Waals surface area contributed by atoms with Crippen LogP contribution in [0.3, 0.4) is 0 Å². The molecule has 0 bridgehead atoms. The third-order valence-corrected chi connectivity index (χ3v) is 5.77. The number of rotatable bonds is 4. The van der Waals surface area contributed by atoms with Crippen LogP contribution in [0.15, 0.2) is 42.5 Å². The zero-order valence-electron chi connectivity index (χ0n) is 16.6. The third kappa shape index (κ3) is 3.75. The lowest BCUT2D eigenvalue weighted by molar-refractivity contribution is -0.122. The normalized spacial score (nSPS) is 19.4. The van der Waals surface area contributed by atoms with E-state index >= 15 is 0 Å². The van der Waals surface area contributed by atoms with Crippen LogP contribution in [0.25, 0.3) is 0 Å². The fraction of sp³-hybridized carbons (Fsp3) is 0.391. The van der Waals surface area contributed by atoms with Crippen LogP contribution in [0.5, 0.6) is 0 Å². The first-order valence-electron chi connectivity index (χ1n) is 10.0. The molecule has 0 aromatic heterocycles. The zero-order valence-corrected chi connectivity index (χ0v) is 16.6. The molecule has 146 valence electrons. The van der Waals surface area contributed by atoms with Crippen molar-refractivity contribution in [3.63, 3.8) is 0 Å². The largest absolute Gasteiger partial charge is 0.372 e. The van der Waals surface area contributed by atoms with Crippen molar-refractivity contribution in [3.8, 4) is 0 Å². The number of amides is 2. The van der Waals surface area contributed by atoms with Gasteiger partial charge in [-0.25, -0.2) is 0 Å². The van der Waals surface area contributed by atoms with Gasteiger partial charge >= 0.3 is 0 Å². The van der Waals surface area contributed by atoms with E-state index < -0.39 is 0 Å². The second-order valence-electron chi connectivity index (χ2n) is 7.92. The summed E-state index contributed by atoms with van der Waals surface area (Å²) in [5.41, 5.74) is 5.09. The second-order valence-corrected chi connectivity index (χ2v) is 7.92. The number of aryl methyl sites for hydroxylation is 2. The van der Waals surface area contributed by atoms with Crippen LogP contribution >= 0.6 is 0 Å². The number of hydrogen-bond acceptors (Lipinski definition) is 3. The SMILES string of the molecule is Cc1ccc(NC(=O)C2CC(=O)N(c3ccc(N4CCCC4)cc3)C2)c(C)c1. The van der Waals surface area contributed by atoms with Gasteiger partial charge in [-0.15, -0.1) is 0 Å². The molecular formula is C23H27N3O2. The summed E-state index contributed by atoms with van der Waals surface area (Å²) in [4.78, 5) is 29.3. The molecule has 2 aliphatic rings. The van der Waals surface area contributed by atoms with Crippen LogP contribution in [-0.2, 0) is 9.59 Å². The highest BCUT2D eigenvalue weighted by Gasteiger charge is 2.35. The van der Waals surface area contributed by atoms with E-state index in [1.54, 1.807) is 4.90 Å². The highest BCUT2D eigenvalue weighted by atomic mass is 16.2. The Kier molecular flexibility index (Phi) is 5.07. The Balaban J connectivity index is 1.42. The van der Waals surface area contributed by atoms with E-state index in [1.165, 1.54) is 18.5 Å². The topological polar surface area (TPSA) is 52.7 Å². The molecule has 2 amide bonds. The first kappa shape index (κ1) is 18.5. The average molecular weight is 377 g/mol. The molecule has 0 spiro atoms. The second kappa shape index (κ2) is 7.66. The summed E-state index contributed by atoms with van der Waals surface area (Å²) in [5.74, 6) is -0.405. The van der Waals surface area contributed by atoms with E-state index in [-0.39, 0.29) is 24.2 Å². The number of carbonyl (C=O) groups excluding carboxylic acids is 2. The van der Waals surface area contributed by atoms with Gasteiger partial charge in [0.15, 0.2) is 0 Å². The molecule has 2 heterocycles. The molecule has 2 fully saturated rings. The van der Waals surface area contributed by atoms with Crippen LogP contribution in [0.2, 0.25) is 0 Å². The van der Waals surface area contributed by atoms with Crippen LogP contribution in [0.4, 0.5) is 17.1 Å². The molecule has 5 nitrogen and oxygen atoms in total. The van der Waals surface area contributed by atoms with Crippen molar-refractivity contribution in [2.75, 3.05) is 34.8 Å². The lowest BCUT2D eigenvalue weighted by Gasteiger charge is -2.21. The number of carbonyl (C=O) groups is 2. The Labute approximate surface area is 166 Å².